The fourth-order valence-electron chi connectivity index (χ4n) is 1.16. The topological polar surface area (TPSA) is 46.5 Å². The number of esters is 1. The lowest BCUT2D eigenvalue weighted by atomic mass is 9.89. The summed E-state index contributed by atoms with van der Waals surface area (Å²) in [6.07, 6.45) is 3.52. The Labute approximate surface area is 86.5 Å². The number of aliphatic hydroxyl groups excluding tert-OH is 1. The van der Waals surface area contributed by atoms with Crippen molar-refractivity contribution in [2.24, 2.45) is 5.41 Å². The van der Waals surface area contributed by atoms with Gasteiger partial charge >= 0.3 is 5.97 Å². The lowest BCUT2D eigenvalue weighted by Crippen LogP contribution is -2.09. The summed E-state index contributed by atoms with van der Waals surface area (Å²) in [6.45, 7) is 6.61. The molecule has 0 saturated carbocycles. The number of unbranched alkanes of at least 4 members (excludes halogenated alkanes) is 1. The number of rotatable bonds is 6. The largest absolute Gasteiger partial charge is 0.463 e. The zero-order chi connectivity index (χ0) is 11.0. The first kappa shape index (κ1) is 13.4. The zero-order valence-corrected chi connectivity index (χ0v) is 9.51. The van der Waals surface area contributed by atoms with Crippen LogP contribution in [-0.2, 0) is 9.53 Å². The van der Waals surface area contributed by atoms with Gasteiger partial charge < -0.3 is 9.84 Å². The zero-order valence-electron chi connectivity index (χ0n) is 9.51. The SMILES string of the molecule is CC(C)(C)CCCCC(=O)OCCO. The average Bonchev–Trinajstić information content (AvgIpc) is 2.07. The molecule has 3 nitrogen and oxygen atoms in total. The van der Waals surface area contributed by atoms with Crippen molar-refractivity contribution < 1.29 is 14.6 Å². The molecule has 0 heterocycles. The molecule has 0 spiro atoms. The molecular weight excluding hydrogens is 180 g/mol. The maximum atomic E-state index is 11.0. The summed E-state index contributed by atoms with van der Waals surface area (Å²) >= 11 is 0. The van der Waals surface area contributed by atoms with Gasteiger partial charge in [0.15, 0.2) is 0 Å². The molecule has 0 aliphatic rings. The van der Waals surface area contributed by atoms with E-state index in [4.69, 9.17) is 9.84 Å². The Morgan fingerprint density at radius 2 is 1.93 bits per heavy atom. The average molecular weight is 202 g/mol. The third-order valence-electron chi connectivity index (χ3n) is 1.91. The van der Waals surface area contributed by atoms with E-state index in [2.05, 4.69) is 20.8 Å². The summed E-state index contributed by atoms with van der Waals surface area (Å²) in [4.78, 5) is 11.0. The predicted octanol–water partition coefficient (Wildman–Crippen LogP) is 2.13. The van der Waals surface area contributed by atoms with Gasteiger partial charge in [-0.2, -0.15) is 0 Å². The number of carbonyl (C=O) groups excluding carboxylic acids is 1. The van der Waals surface area contributed by atoms with Crippen LogP contribution in [0.1, 0.15) is 46.5 Å². The van der Waals surface area contributed by atoms with E-state index in [1.54, 1.807) is 0 Å². The molecular formula is C11H22O3. The summed E-state index contributed by atoms with van der Waals surface area (Å²) in [6, 6.07) is 0. The molecule has 1 N–H and O–H groups in total. The van der Waals surface area contributed by atoms with E-state index < -0.39 is 0 Å². The quantitative estimate of drug-likeness (QED) is 0.530. The molecule has 0 saturated heterocycles. The minimum Gasteiger partial charge on any atom is -0.463 e. The highest BCUT2D eigenvalue weighted by Gasteiger charge is 2.10. The predicted molar refractivity (Wildman–Crippen MR) is 56.0 cm³/mol. The van der Waals surface area contributed by atoms with Crippen LogP contribution in [-0.4, -0.2) is 24.3 Å². The van der Waals surface area contributed by atoms with Crippen molar-refractivity contribution in [1.29, 1.82) is 0 Å². The van der Waals surface area contributed by atoms with Gasteiger partial charge in [0.1, 0.15) is 6.61 Å². The van der Waals surface area contributed by atoms with Crippen molar-refractivity contribution in [3.8, 4) is 0 Å². The molecule has 0 aliphatic carbocycles. The van der Waals surface area contributed by atoms with Crippen molar-refractivity contribution in [3.05, 3.63) is 0 Å². The Hall–Kier alpha value is -0.570. The molecule has 0 bridgehead atoms. The van der Waals surface area contributed by atoms with E-state index in [-0.39, 0.29) is 19.2 Å². The number of aliphatic hydroxyl groups is 1. The van der Waals surface area contributed by atoms with E-state index in [9.17, 15) is 4.79 Å². The van der Waals surface area contributed by atoms with Gasteiger partial charge in [-0.15, -0.1) is 0 Å². The Kier molecular flexibility index (Phi) is 6.54. The highest BCUT2D eigenvalue weighted by Crippen LogP contribution is 2.21. The standard InChI is InChI=1S/C11H22O3/c1-11(2,3)7-5-4-6-10(13)14-9-8-12/h12H,4-9H2,1-3H3. The summed E-state index contributed by atoms with van der Waals surface area (Å²) in [7, 11) is 0. The monoisotopic (exact) mass is 202 g/mol. The molecule has 0 aromatic heterocycles. The molecule has 0 fully saturated rings. The van der Waals surface area contributed by atoms with Crippen molar-refractivity contribution in [2.45, 2.75) is 46.5 Å². The maximum Gasteiger partial charge on any atom is 0.305 e. The summed E-state index contributed by atoms with van der Waals surface area (Å²) < 4.78 is 4.73. The van der Waals surface area contributed by atoms with E-state index in [0.717, 1.165) is 19.3 Å². The number of hydrogen-bond donors (Lipinski definition) is 1. The Morgan fingerprint density at radius 3 is 2.43 bits per heavy atom. The lowest BCUT2D eigenvalue weighted by Gasteiger charge is -2.17. The second kappa shape index (κ2) is 6.82. The molecule has 0 aromatic carbocycles. The van der Waals surface area contributed by atoms with Gasteiger partial charge in [0.25, 0.3) is 0 Å². The summed E-state index contributed by atoms with van der Waals surface area (Å²) in [5.74, 6) is -0.201. The van der Waals surface area contributed by atoms with Crippen molar-refractivity contribution in [3.63, 3.8) is 0 Å². The van der Waals surface area contributed by atoms with E-state index in [0.29, 0.717) is 11.8 Å². The first-order valence-electron chi connectivity index (χ1n) is 5.22. The molecule has 14 heavy (non-hydrogen) atoms. The fraction of sp³-hybridized carbons (Fsp3) is 0.909. The van der Waals surface area contributed by atoms with Gasteiger partial charge in [-0.1, -0.05) is 27.2 Å². The van der Waals surface area contributed by atoms with E-state index >= 15 is 0 Å². The van der Waals surface area contributed by atoms with Gasteiger partial charge in [-0.05, 0) is 18.3 Å². The van der Waals surface area contributed by atoms with Crippen molar-refractivity contribution in [2.75, 3.05) is 13.2 Å². The van der Waals surface area contributed by atoms with Gasteiger partial charge in [0.05, 0.1) is 6.61 Å². The minimum absolute atomic E-state index is 0.0896. The number of hydrogen-bond acceptors (Lipinski definition) is 3. The fourth-order valence-corrected chi connectivity index (χ4v) is 1.16. The number of carbonyl (C=O) groups is 1. The first-order chi connectivity index (χ1) is 6.45. The van der Waals surface area contributed by atoms with Crippen LogP contribution in [0.2, 0.25) is 0 Å². The molecule has 3 heteroatoms. The second-order valence-electron chi connectivity index (χ2n) is 4.71. The van der Waals surface area contributed by atoms with Crippen LogP contribution in [0, 0.1) is 5.41 Å². The van der Waals surface area contributed by atoms with E-state index in [1.807, 2.05) is 0 Å². The minimum atomic E-state index is -0.201. The van der Waals surface area contributed by atoms with Crippen LogP contribution in [0.15, 0.2) is 0 Å². The summed E-state index contributed by atoms with van der Waals surface area (Å²) in [5, 5.41) is 8.42. The molecule has 0 atom stereocenters. The van der Waals surface area contributed by atoms with Gasteiger partial charge in [0.2, 0.25) is 0 Å². The van der Waals surface area contributed by atoms with Crippen LogP contribution >= 0.6 is 0 Å². The van der Waals surface area contributed by atoms with Crippen LogP contribution in [0.5, 0.6) is 0 Å². The third kappa shape index (κ3) is 9.52. The molecule has 0 unspecified atom stereocenters. The van der Waals surface area contributed by atoms with Crippen LogP contribution in [0.4, 0.5) is 0 Å². The van der Waals surface area contributed by atoms with Crippen LogP contribution in [0.25, 0.3) is 0 Å². The maximum absolute atomic E-state index is 11.0. The molecule has 0 aliphatic heterocycles. The van der Waals surface area contributed by atoms with Crippen LogP contribution < -0.4 is 0 Å². The highest BCUT2D eigenvalue weighted by molar-refractivity contribution is 5.69. The smallest absolute Gasteiger partial charge is 0.305 e. The normalized spacial score (nSPS) is 11.4. The Bertz CT molecular complexity index is 158. The van der Waals surface area contributed by atoms with E-state index in [1.165, 1.54) is 0 Å². The molecule has 84 valence electrons. The second-order valence-corrected chi connectivity index (χ2v) is 4.71. The highest BCUT2D eigenvalue weighted by atomic mass is 16.5. The molecule has 0 aromatic rings. The first-order valence-corrected chi connectivity index (χ1v) is 5.22. The molecule has 0 rings (SSSR count). The Morgan fingerprint density at radius 1 is 1.29 bits per heavy atom. The van der Waals surface area contributed by atoms with Crippen LogP contribution in [0.3, 0.4) is 0 Å². The lowest BCUT2D eigenvalue weighted by molar-refractivity contribution is -0.144. The van der Waals surface area contributed by atoms with Gasteiger partial charge in [-0.3, -0.25) is 4.79 Å². The van der Waals surface area contributed by atoms with Crippen molar-refractivity contribution in [1.82, 2.24) is 0 Å². The summed E-state index contributed by atoms with van der Waals surface area (Å²) in [5.41, 5.74) is 0.342. The number of ether oxygens (including phenoxy) is 1. The van der Waals surface area contributed by atoms with Crippen molar-refractivity contribution >= 4 is 5.97 Å². The third-order valence-corrected chi connectivity index (χ3v) is 1.91. The Balaban J connectivity index is 3.32. The molecule has 0 amide bonds. The van der Waals surface area contributed by atoms with Gasteiger partial charge in [0, 0.05) is 6.42 Å². The molecule has 0 radical (unpaired) electrons. The van der Waals surface area contributed by atoms with Gasteiger partial charge in [-0.25, -0.2) is 0 Å².